The molecule has 0 saturated heterocycles. The molecule has 29 heavy (non-hydrogen) atoms. The van der Waals surface area contributed by atoms with E-state index >= 15 is 0 Å². The smallest absolute Gasteiger partial charge is 0.221 e. The van der Waals surface area contributed by atoms with Gasteiger partial charge in [0.15, 0.2) is 0 Å². The molecule has 0 radical (unpaired) electrons. The van der Waals surface area contributed by atoms with E-state index in [0.717, 1.165) is 18.8 Å². The van der Waals surface area contributed by atoms with Crippen LogP contribution in [0.5, 0.6) is 0 Å². The third kappa shape index (κ3) is 4.99. The molecule has 2 aromatic carbocycles. The first-order chi connectivity index (χ1) is 14.0. The quantitative estimate of drug-likeness (QED) is 0.522. The maximum Gasteiger partial charge on any atom is 0.221 e. The van der Waals surface area contributed by atoms with Crippen LogP contribution in [0.2, 0.25) is 0 Å². The highest BCUT2D eigenvalue weighted by Crippen LogP contribution is 2.34. The normalized spacial score (nSPS) is 10.2. The van der Waals surface area contributed by atoms with Gasteiger partial charge in [-0.1, -0.05) is 0 Å². The minimum absolute atomic E-state index is 0.00300. The van der Waals surface area contributed by atoms with Gasteiger partial charge in [-0.3, -0.25) is 4.79 Å². The predicted molar refractivity (Wildman–Crippen MR) is 110 cm³/mol. The SMILES string of the molecule is CCN(CC)c1ccc(N=Nc2c(C#N)cc(N=O)cc2C#N)c(NC(C)=O)c1. The van der Waals surface area contributed by atoms with Crippen molar-refractivity contribution in [1.82, 2.24) is 0 Å². The molecular weight excluding hydrogens is 370 g/mol. The second-order valence-electron chi connectivity index (χ2n) is 5.96. The molecule has 0 saturated carbocycles. The van der Waals surface area contributed by atoms with Gasteiger partial charge in [0, 0.05) is 25.7 Å². The number of nitriles is 2. The monoisotopic (exact) mass is 389 g/mol. The van der Waals surface area contributed by atoms with E-state index in [1.165, 1.54) is 19.1 Å². The topological polar surface area (TPSA) is 134 Å². The van der Waals surface area contributed by atoms with Crippen LogP contribution in [0.15, 0.2) is 45.7 Å². The third-order valence-corrected chi connectivity index (χ3v) is 4.12. The Kier molecular flexibility index (Phi) is 7.10. The van der Waals surface area contributed by atoms with Gasteiger partial charge in [0.05, 0.1) is 16.8 Å². The zero-order chi connectivity index (χ0) is 21.4. The average molecular weight is 389 g/mol. The second kappa shape index (κ2) is 9.72. The number of carbonyl (C=O) groups is 1. The number of azo groups is 1. The summed E-state index contributed by atoms with van der Waals surface area (Å²) in [7, 11) is 0. The Balaban J connectivity index is 2.55. The van der Waals surface area contributed by atoms with Gasteiger partial charge in [-0.2, -0.15) is 10.5 Å². The standard InChI is InChI=1S/C20H19N7O2/c1-4-27(5-2)17-6-7-18(19(10-17)23-13(3)28)24-25-20-14(11-21)8-16(26-29)9-15(20)12-22/h6-10H,4-5H2,1-3H3,(H,23,28). The lowest BCUT2D eigenvalue weighted by Crippen LogP contribution is -2.21. The number of nitroso groups, excluding NO2 is 1. The van der Waals surface area contributed by atoms with E-state index in [-0.39, 0.29) is 28.4 Å². The van der Waals surface area contributed by atoms with E-state index < -0.39 is 0 Å². The minimum atomic E-state index is -0.269. The van der Waals surface area contributed by atoms with Crippen LogP contribution in [0.4, 0.5) is 28.4 Å². The van der Waals surface area contributed by atoms with Crippen molar-refractivity contribution in [3.05, 3.63) is 46.4 Å². The third-order valence-electron chi connectivity index (χ3n) is 4.12. The first kappa shape index (κ1) is 21.2. The number of nitrogens with zero attached hydrogens (tertiary/aromatic N) is 6. The first-order valence-corrected chi connectivity index (χ1v) is 8.87. The lowest BCUT2D eigenvalue weighted by molar-refractivity contribution is -0.114. The van der Waals surface area contributed by atoms with Crippen LogP contribution >= 0.6 is 0 Å². The Bertz CT molecular complexity index is 1010. The van der Waals surface area contributed by atoms with Gasteiger partial charge in [0.2, 0.25) is 5.91 Å². The van der Waals surface area contributed by atoms with Gasteiger partial charge in [-0.05, 0) is 49.4 Å². The van der Waals surface area contributed by atoms with Crippen molar-refractivity contribution in [2.75, 3.05) is 23.3 Å². The number of anilines is 2. The van der Waals surface area contributed by atoms with Crippen molar-refractivity contribution in [2.45, 2.75) is 20.8 Å². The molecule has 2 aromatic rings. The van der Waals surface area contributed by atoms with Crippen LogP contribution in [-0.4, -0.2) is 19.0 Å². The maximum absolute atomic E-state index is 11.6. The van der Waals surface area contributed by atoms with Gasteiger partial charge in [-0.15, -0.1) is 15.1 Å². The summed E-state index contributed by atoms with van der Waals surface area (Å²) in [6.07, 6.45) is 0. The fraction of sp³-hybridized carbons (Fsp3) is 0.250. The molecule has 0 atom stereocenters. The summed E-state index contributed by atoms with van der Waals surface area (Å²) in [6, 6.07) is 11.6. The van der Waals surface area contributed by atoms with Crippen LogP contribution < -0.4 is 10.2 Å². The first-order valence-electron chi connectivity index (χ1n) is 8.87. The van der Waals surface area contributed by atoms with Crippen LogP contribution in [-0.2, 0) is 4.79 Å². The molecule has 0 fully saturated rings. The number of amides is 1. The average Bonchev–Trinajstić information content (AvgIpc) is 2.73. The summed E-state index contributed by atoms with van der Waals surface area (Å²) >= 11 is 0. The Morgan fingerprint density at radius 1 is 1.07 bits per heavy atom. The Hall–Kier alpha value is -4.11. The summed E-state index contributed by atoms with van der Waals surface area (Å²) < 4.78 is 0. The number of hydrogen-bond donors (Lipinski definition) is 1. The van der Waals surface area contributed by atoms with Crippen LogP contribution in [0.3, 0.4) is 0 Å². The molecule has 146 valence electrons. The highest BCUT2D eigenvalue weighted by atomic mass is 16.3. The minimum Gasteiger partial charge on any atom is -0.372 e. The number of nitrogens with one attached hydrogen (secondary N) is 1. The molecule has 0 aliphatic carbocycles. The van der Waals surface area contributed by atoms with Gasteiger partial charge in [0.25, 0.3) is 0 Å². The van der Waals surface area contributed by atoms with Crippen molar-refractivity contribution >= 4 is 34.3 Å². The van der Waals surface area contributed by atoms with Crippen molar-refractivity contribution in [3.63, 3.8) is 0 Å². The highest BCUT2D eigenvalue weighted by molar-refractivity contribution is 5.93. The molecule has 2 rings (SSSR count). The molecule has 0 aliphatic heterocycles. The molecule has 9 nitrogen and oxygen atoms in total. The lowest BCUT2D eigenvalue weighted by atomic mass is 10.1. The fourth-order valence-corrected chi connectivity index (χ4v) is 2.74. The molecule has 0 unspecified atom stereocenters. The van der Waals surface area contributed by atoms with Crippen LogP contribution in [0.1, 0.15) is 31.9 Å². The Morgan fingerprint density at radius 3 is 2.17 bits per heavy atom. The zero-order valence-corrected chi connectivity index (χ0v) is 16.3. The van der Waals surface area contributed by atoms with Crippen molar-refractivity contribution in [1.29, 1.82) is 10.5 Å². The number of carbonyl (C=O) groups excluding carboxylic acids is 1. The number of rotatable bonds is 7. The van der Waals surface area contributed by atoms with Gasteiger partial charge >= 0.3 is 0 Å². The van der Waals surface area contributed by atoms with Crippen molar-refractivity contribution < 1.29 is 4.79 Å². The maximum atomic E-state index is 11.6. The molecule has 9 heteroatoms. The molecule has 1 N–H and O–H groups in total. The predicted octanol–water partition coefficient (Wildman–Crippen LogP) is 5.05. The molecule has 0 spiro atoms. The molecule has 0 bridgehead atoms. The molecule has 1 amide bonds. The van der Waals surface area contributed by atoms with E-state index in [0.29, 0.717) is 11.4 Å². The van der Waals surface area contributed by atoms with Crippen LogP contribution in [0.25, 0.3) is 0 Å². The summed E-state index contributed by atoms with van der Waals surface area (Å²) in [6.45, 7) is 7.04. The summed E-state index contributed by atoms with van der Waals surface area (Å²) in [5, 5.41) is 32.3. The Morgan fingerprint density at radius 2 is 1.69 bits per heavy atom. The molecule has 0 aromatic heterocycles. The Labute approximate surface area is 168 Å². The highest BCUT2D eigenvalue weighted by Gasteiger charge is 2.13. The second-order valence-corrected chi connectivity index (χ2v) is 5.96. The number of benzene rings is 2. The zero-order valence-electron chi connectivity index (χ0n) is 16.3. The van der Waals surface area contributed by atoms with E-state index in [4.69, 9.17) is 0 Å². The number of hydrogen-bond acceptors (Lipinski definition) is 8. The van der Waals surface area contributed by atoms with E-state index in [1.807, 2.05) is 32.1 Å². The lowest BCUT2D eigenvalue weighted by Gasteiger charge is -2.22. The summed E-state index contributed by atoms with van der Waals surface area (Å²) in [5.74, 6) is -0.269. The molecular formula is C20H19N7O2. The largest absolute Gasteiger partial charge is 0.372 e. The molecule has 0 heterocycles. The van der Waals surface area contributed by atoms with Crippen molar-refractivity contribution in [3.8, 4) is 12.1 Å². The van der Waals surface area contributed by atoms with E-state index in [9.17, 15) is 20.2 Å². The van der Waals surface area contributed by atoms with E-state index in [2.05, 4.69) is 25.6 Å². The van der Waals surface area contributed by atoms with Crippen LogP contribution in [0, 0.1) is 27.6 Å². The van der Waals surface area contributed by atoms with Gasteiger partial charge < -0.3 is 10.2 Å². The van der Waals surface area contributed by atoms with Gasteiger partial charge in [0.1, 0.15) is 29.2 Å². The summed E-state index contributed by atoms with van der Waals surface area (Å²) in [4.78, 5) is 24.5. The summed E-state index contributed by atoms with van der Waals surface area (Å²) in [5.41, 5.74) is 1.72. The molecule has 0 aliphatic rings. The fourth-order valence-electron chi connectivity index (χ4n) is 2.74. The van der Waals surface area contributed by atoms with Crippen molar-refractivity contribution in [2.24, 2.45) is 15.4 Å². The van der Waals surface area contributed by atoms with Gasteiger partial charge in [-0.25, -0.2) is 0 Å². The van der Waals surface area contributed by atoms with E-state index in [1.54, 1.807) is 12.1 Å².